The van der Waals surface area contributed by atoms with Crippen LogP contribution in [0.2, 0.25) is 0 Å². The first-order valence-electron chi connectivity index (χ1n) is 10.7. The van der Waals surface area contributed by atoms with Crippen LogP contribution in [0, 0.1) is 0 Å². The fourth-order valence-corrected chi connectivity index (χ4v) is 4.17. The zero-order valence-electron chi connectivity index (χ0n) is 18.4. The molecule has 1 aliphatic heterocycles. The van der Waals surface area contributed by atoms with Crippen LogP contribution in [0.15, 0.2) is 54.7 Å². The number of fused-ring (bicyclic) bond motifs is 1. The summed E-state index contributed by atoms with van der Waals surface area (Å²) in [4.78, 5) is 19.3. The number of aromatic nitrogens is 2. The molecule has 0 N–H and O–H groups in total. The van der Waals surface area contributed by atoms with Crippen molar-refractivity contribution < 1.29 is 14.3 Å². The van der Waals surface area contributed by atoms with Gasteiger partial charge in [0.25, 0.3) is 5.91 Å². The van der Waals surface area contributed by atoms with Gasteiger partial charge in [-0.3, -0.25) is 4.79 Å². The van der Waals surface area contributed by atoms with Gasteiger partial charge in [-0.1, -0.05) is 36.4 Å². The second kappa shape index (κ2) is 9.25. The summed E-state index contributed by atoms with van der Waals surface area (Å²) in [6.07, 6.45) is 4.60. The van der Waals surface area contributed by atoms with E-state index < -0.39 is 0 Å². The summed E-state index contributed by atoms with van der Waals surface area (Å²) in [5.74, 6) is 2.83. The number of aryl methyl sites for hydroxylation is 1. The maximum Gasteiger partial charge on any atom is 0.273 e. The fourth-order valence-electron chi connectivity index (χ4n) is 4.17. The summed E-state index contributed by atoms with van der Waals surface area (Å²) in [6.45, 7) is 1.47. The second-order valence-corrected chi connectivity index (χ2v) is 8.01. The van der Waals surface area contributed by atoms with Crippen molar-refractivity contribution in [1.82, 2.24) is 14.5 Å². The molecule has 1 amide bonds. The third-order valence-electron chi connectivity index (χ3n) is 6.01. The highest BCUT2D eigenvalue weighted by Crippen LogP contribution is 2.29. The molecule has 3 aromatic rings. The van der Waals surface area contributed by atoms with Gasteiger partial charge in [0.2, 0.25) is 0 Å². The molecule has 0 radical (unpaired) electrons. The molecule has 1 aliphatic rings. The average molecular weight is 420 g/mol. The lowest BCUT2D eigenvalue weighted by molar-refractivity contribution is 0.0791. The number of carbonyl (C=O) groups is 1. The highest BCUT2D eigenvalue weighted by atomic mass is 16.5. The van der Waals surface area contributed by atoms with Crippen LogP contribution in [-0.2, 0) is 19.4 Å². The molecular weight excluding hydrogens is 390 g/mol. The van der Waals surface area contributed by atoms with Gasteiger partial charge >= 0.3 is 0 Å². The van der Waals surface area contributed by atoms with Crippen molar-refractivity contribution in [2.45, 2.75) is 31.7 Å². The van der Waals surface area contributed by atoms with E-state index in [0.29, 0.717) is 29.7 Å². The van der Waals surface area contributed by atoms with Crippen molar-refractivity contribution in [1.29, 1.82) is 0 Å². The van der Waals surface area contributed by atoms with E-state index >= 15 is 0 Å². The normalized spacial score (nSPS) is 15.3. The molecule has 6 heteroatoms. The average Bonchev–Trinajstić information content (AvgIpc) is 3.25. The highest BCUT2D eigenvalue weighted by molar-refractivity contribution is 5.92. The summed E-state index contributed by atoms with van der Waals surface area (Å²) >= 11 is 0. The topological polar surface area (TPSA) is 56.6 Å². The minimum absolute atomic E-state index is 0.0429. The lowest BCUT2D eigenvalue weighted by Crippen LogP contribution is -2.29. The zero-order chi connectivity index (χ0) is 21.8. The number of hydrogen-bond acceptors (Lipinski definition) is 4. The number of amides is 1. The Kier molecular flexibility index (Phi) is 6.26. The number of imidazole rings is 1. The van der Waals surface area contributed by atoms with Gasteiger partial charge in [0.15, 0.2) is 11.5 Å². The molecule has 0 unspecified atom stereocenters. The Morgan fingerprint density at radius 2 is 1.90 bits per heavy atom. The number of hydrogen-bond donors (Lipinski definition) is 0. The summed E-state index contributed by atoms with van der Waals surface area (Å²) < 4.78 is 12.8. The lowest BCUT2D eigenvalue weighted by Gasteiger charge is -2.23. The molecule has 2 heterocycles. The molecule has 0 fully saturated rings. The minimum atomic E-state index is -0.0429. The van der Waals surface area contributed by atoms with Gasteiger partial charge in [0.1, 0.15) is 11.5 Å². The van der Waals surface area contributed by atoms with E-state index in [1.807, 2.05) is 37.5 Å². The zero-order valence-corrected chi connectivity index (χ0v) is 18.4. The summed E-state index contributed by atoms with van der Waals surface area (Å²) in [5.41, 5.74) is 2.97. The Morgan fingerprint density at radius 1 is 1.13 bits per heavy atom. The van der Waals surface area contributed by atoms with E-state index in [2.05, 4.69) is 33.8 Å². The maximum absolute atomic E-state index is 13.0. The molecule has 162 valence electrons. The fraction of sp³-hybridized carbons (Fsp3) is 0.360. The first-order chi connectivity index (χ1) is 15.1. The van der Waals surface area contributed by atoms with Crippen LogP contribution in [0.1, 0.15) is 39.8 Å². The van der Waals surface area contributed by atoms with Gasteiger partial charge in [0.05, 0.1) is 14.2 Å². The first-order valence-corrected chi connectivity index (χ1v) is 10.7. The van der Waals surface area contributed by atoms with Gasteiger partial charge in [-0.15, -0.1) is 0 Å². The maximum atomic E-state index is 13.0. The number of carbonyl (C=O) groups excluding carboxylic acids is 1. The first kappa shape index (κ1) is 21.0. The Labute approximate surface area is 183 Å². The van der Waals surface area contributed by atoms with Crippen LogP contribution < -0.4 is 9.47 Å². The second-order valence-electron chi connectivity index (χ2n) is 8.01. The van der Waals surface area contributed by atoms with Crippen molar-refractivity contribution >= 4 is 5.91 Å². The summed E-state index contributed by atoms with van der Waals surface area (Å²) in [6, 6.07) is 16.4. The monoisotopic (exact) mass is 419 g/mol. The van der Waals surface area contributed by atoms with Gasteiger partial charge < -0.3 is 18.9 Å². The van der Waals surface area contributed by atoms with Gasteiger partial charge in [0, 0.05) is 38.7 Å². The SMILES string of the molecule is COc1ccc(CCN(C)C(=O)c2cn3c(n2)CC[C@H](c2ccccc2)C3)cc1OC. The smallest absolute Gasteiger partial charge is 0.273 e. The molecule has 0 bridgehead atoms. The molecule has 2 aromatic carbocycles. The number of likely N-dealkylation sites (N-methyl/N-ethyl adjacent to an activating group) is 1. The standard InChI is InChI=1S/C25H29N3O3/c1-27(14-13-18-9-11-22(30-2)23(15-18)31-3)25(29)21-17-28-16-20(10-12-24(28)26-21)19-7-5-4-6-8-19/h4-9,11,15,17,20H,10,12-14,16H2,1-3H3/t20-/m0/s1. The third kappa shape index (κ3) is 4.58. The number of benzene rings is 2. The van der Waals surface area contributed by atoms with Gasteiger partial charge in [-0.05, 0) is 36.1 Å². The predicted octanol–water partition coefficient (Wildman–Crippen LogP) is 3.95. The Balaban J connectivity index is 1.39. The molecule has 1 aromatic heterocycles. The molecule has 0 saturated carbocycles. The van der Waals surface area contributed by atoms with E-state index in [1.165, 1.54) is 5.56 Å². The Bertz CT molecular complexity index is 1050. The van der Waals surface area contributed by atoms with E-state index in [9.17, 15) is 4.79 Å². The van der Waals surface area contributed by atoms with Crippen molar-refractivity contribution in [3.63, 3.8) is 0 Å². The number of methoxy groups -OCH3 is 2. The van der Waals surface area contributed by atoms with Crippen molar-refractivity contribution in [3.8, 4) is 11.5 Å². The molecule has 31 heavy (non-hydrogen) atoms. The molecule has 1 atom stereocenters. The van der Waals surface area contributed by atoms with E-state index in [-0.39, 0.29) is 5.91 Å². The summed E-state index contributed by atoms with van der Waals surface area (Å²) in [5, 5.41) is 0. The van der Waals surface area contributed by atoms with Crippen molar-refractivity contribution in [3.05, 3.63) is 77.4 Å². The van der Waals surface area contributed by atoms with E-state index in [1.54, 1.807) is 19.1 Å². The van der Waals surface area contributed by atoms with Crippen molar-refractivity contribution in [2.75, 3.05) is 27.8 Å². The molecule has 0 aliphatic carbocycles. The molecule has 6 nitrogen and oxygen atoms in total. The van der Waals surface area contributed by atoms with Crippen LogP contribution in [0.3, 0.4) is 0 Å². The molecule has 0 spiro atoms. The minimum Gasteiger partial charge on any atom is -0.493 e. The number of ether oxygens (including phenoxy) is 2. The van der Waals surface area contributed by atoms with Crippen LogP contribution >= 0.6 is 0 Å². The third-order valence-corrected chi connectivity index (χ3v) is 6.01. The molecule has 0 saturated heterocycles. The quantitative estimate of drug-likeness (QED) is 0.582. The molecule has 4 rings (SSSR count). The lowest BCUT2D eigenvalue weighted by atomic mass is 9.92. The van der Waals surface area contributed by atoms with Crippen LogP contribution in [0.5, 0.6) is 11.5 Å². The number of nitrogens with zero attached hydrogens (tertiary/aromatic N) is 3. The largest absolute Gasteiger partial charge is 0.493 e. The van der Waals surface area contributed by atoms with E-state index in [4.69, 9.17) is 9.47 Å². The highest BCUT2D eigenvalue weighted by Gasteiger charge is 2.24. The molecular formula is C25H29N3O3. The predicted molar refractivity (Wildman–Crippen MR) is 120 cm³/mol. The van der Waals surface area contributed by atoms with Gasteiger partial charge in [-0.2, -0.15) is 0 Å². The van der Waals surface area contributed by atoms with Crippen LogP contribution in [0.25, 0.3) is 0 Å². The van der Waals surface area contributed by atoms with Crippen LogP contribution in [-0.4, -0.2) is 48.2 Å². The van der Waals surface area contributed by atoms with Crippen LogP contribution in [0.4, 0.5) is 0 Å². The van der Waals surface area contributed by atoms with Crippen molar-refractivity contribution in [2.24, 2.45) is 0 Å². The van der Waals surface area contributed by atoms with Gasteiger partial charge in [-0.25, -0.2) is 4.98 Å². The Hall–Kier alpha value is -3.28. The number of rotatable bonds is 7. The summed E-state index contributed by atoms with van der Waals surface area (Å²) in [7, 11) is 5.07. The Morgan fingerprint density at radius 3 is 2.65 bits per heavy atom. The van der Waals surface area contributed by atoms with E-state index in [0.717, 1.165) is 37.2 Å².